The number of aromatic hydroxyl groups is 1. The lowest BCUT2D eigenvalue weighted by Gasteiger charge is -2.15. The molecule has 19 heavy (non-hydrogen) atoms. The standard InChI is InChI=1S/C17H19NO/c1-18(14-16-11-5-6-12-17(16)19)13-7-10-15-8-3-2-4-9-15/h2-12,19H,13-14H2,1H3. The average Bonchev–Trinajstić information content (AvgIpc) is 2.43. The molecule has 0 fully saturated rings. The minimum atomic E-state index is 0.362. The number of phenols is 1. The summed E-state index contributed by atoms with van der Waals surface area (Å²) >= 11 is 0. The number of likely N-dealkylation sites (N-methyl/N-ethyl adjacent to an activating group) is 1. The first-order chi connectivity index (χ1) is 9.25. The summed E-state index contributed by atoms with van der Waals surface area (Å²) in [5.74, 6) is 0.362. The van der Waals surface area contributed by atoms with Crippen molar-refractivity contribution in [2.45, 2.75) is 6.54 Å². The van der Waals surface area contributed by atoms with Crippen LogP contribution in [-0.2, 0) is 6.54 Å². The number of rotatable bonds is 5. The Morgan fingerprint density at radius 3 is 2.42 bits per heavy atom. The minimum Gasteiger partial charge on any atom is -0.508 e. The van der Waals surface area contributed by atoms with Crippen molar-refractivity contribution in [2.24, 2.45) is 0 Å². The van der Waals surface area contributed by atoms with Gasteiger partial charge in [-0.1, -0.05) is 60.7 Å². The van der Waals surface area contributed by atoms with Gasteiger partial charge >= 0.3 is 0 Å². The van der Waals surface area contributed by atoms with E-state index in [-0.39, 0.29) is 0 Å². The van der Waals surface area contributed by atoms with Crippen LogP contribution in [0.15, 0.2) is 60.7 Å². The number of nitrogens with zero attached hydrogens (tertiary/aromatic N) is 1. The molecule has 0 saturated heterocycles. The second-order valence-electron chi connectivity index (χ2n) is 4.64. The molecule has 0 radical (unpaired) electrons. The van der Waals surface area contributed by atoms with E-state index in [1.807, 2.05) is 43.4 Å². The van der Waals surface area contributed by atoms with E-state index in [2.05, 4.69) is 29.2 Å². The largest absolute Gasteiger partial charge is 0.508 e. The quantitative estimate of drug-likeness (QED) is 0.881. The molecule has 0 heterocycles. The highest BCUT2D eigenvalue weighted by Crippen LogP contribution is 2.16. The summed E-state index contributed by atoms with van der Waals surface area (Å²) in [4.78, 5) is 2.16. The molecule has 0 aliphatic heterocycles. The third-order valence-electron chi connectivity index (χ3n) is 2.96. The second kappa shape index (κ2) is 6.76. The SMILES string of the molecule is CN(CC=Cc1ccccc1)Cc1ccccc1O. The summed E-state index contributed by atoms with van der Waals surface area (Å²) in [6, 6.07) is 17.7. The number of hydrogen-bond acceptors (Lipinski definition) is 2. The molecule has 0 amide bonds. The highest BCUT2D eigenvalue weighted by molar-refractivity contribution is 5.48. The molecule has 0 atom stereocenters. The van der Waals surface area contributed by atoms with E-state index < -0.39 is 0 Å². The molecule has 0 spiro atoms. The van der Waals surface area contributed by atoms with Gasteiger partial charge in [0.25, 0.3) is 0 Å². The topological polar surface area (TPSA) is 23.5 Å². The van der Waals surface area contributed by atoms with E-state index in [0.29, 0.717) is 5.75 Å². The van der Waals surface area contributed by atoms with Gasteiger partial charge in [0, 0.05) is 18.7 Å². The Balaban J connectivity index is 1.87. The lowest BCUT2D eigenvalue weighted by Crippen LogP contribution is -2.17. The van der Waals surface area contributed by atoms with Gasteiger partial charge in [0.05, 0.1) is 0 Å². The van der Waals surface area contributed by atoms with E-state index in [9.17, 15) is 5.11 Å². The molecular formula is C17H19NO. The molecule has 2 heteroatoms. The zero-order chi connectivity index (χ0) is 13.5. The maximum Gasteiger partial charge on any atom is 0.120 e. The van der Waals surface area contributed by atoms with Crippen LogP contribution in [0.2, 0.25) is 0 Å². The van der Waals surface area contributed by atoms with Gasteiger partial charge in [-0.3, -0.25) is 4.90 Å². The van der Waals surface area contributed by atoms with Crippen LogP contribution in [0.1, 0.15) is 11.1 Å². The van der Waals surface area contributed by atoms with Crippen molar-refractivity contribution >= 4 is 6.08 Å². The number of benzene rings is 2. The third-order valence-corrected chi connectivity index (χ3v) is 2.96. The normalized spacial score (nSPS) is 11.3. The van der Waals surface area contributed by atoms with E-state index in [0.717, 1.165) is 18.7 Å². The van der Waals surface area contributed by atoms with Crippen molar-refractivity contribution in [2.75, 3.05) is 13.6 Å². The Labute approximate surface area is 114 Å². The second-order valence-corrected chi connectivity index (χ2v) is 4.64. The summed E-state index contributed by atoms with van der Waals surface area (Å²) < 4.78 is 0. The van der Waals surface area contributed by atoms with Gasteiger partial charge in [-0.05, 0) is 18.7 Å². The molecule has 1 N–H and O–H groups in total. The molecule has 0 aliphatic carbocycles. The summed E-state index contributed by atoms with van der Waals surface area (Å²) in [5, 5.41) is 9.72. The molecule has 2 aromatic rings. The van der Waals surface area contributed by atoms with Crippen molar-refractivity contribution in [3.05, 3.63) is 71.8 Å². The number of para-hydroxylation sites is 1. The van der Waals surface area contributed by atoms with Crippen LogP contribution in [-0.4, -0.2) is 23.6 Å². The fourth-order valence-corrected chi connectivity index (χ4v) is 1.93. The Morgan fingerprint density at radius 1 is 1.00 bits per heavy atom. The van der Waals surface area contributed by atoms with E-state index in [1.165, 1.54) is 5.56 Å². The lowest BCUT2D eigenvalue weighted by molar-refractivity contribution is 0.353. The van der Waals surface area contributed by atoms with Gasteiger partial charge in [-0.2, -0.15) is 0 Å². The molecule has 0 saturated carbocycles. The number of phenolic OH excluding ortho intramolecular Hbond substituents is 1. The van der Waals surface area contributed by atoms with Crippen LogP contribution < -0.4 is 0 Å². The number of hydrogen-bond donors (Lipinski definition) is 1. The highest BCUT2D eigenvalue weighted by atomic mass is 16.3. The minimum absolute atomic E-state index is 0.362. The van der Waals surface area contributed by atoms with Crippen LogP contribution in [0, 0.1) is 0 Å². The maximum absolute atomic E-state index is 9.72. The van der Waals surface area contributed by atoms with Gasteiger partial charge in [0.15, 0.2) is 0 Å². The van der Waals surface area contributed by atoms with Crippen LogP contribution >= 0.6 is 0 Å². The van der Waals surface area contributed by atoms with Gasteiger partial charge in [0.1, 0.15) is 5.75 Å². The molecule has 2 nitrogen and oxygen atoms in total. The lowest BCUT2D eigenvalue weighted by atomic mass is 10.2. The molecule has 2 aromatic carbocycles. The highest BCUT2D eigenvalue weighted by Gasteiger charge is 2.02. The first-order valence-electron chi connectivity index (χ1n) is 6.43. The smallest absolute Gasteiger partial charge is 0.120 e. The molecule has 0 aliphatic rings. The first-order valence-corrected chi connectivity index (χ1v) is 6.43. The van der Waals surface area contributed by atoms with Crippen molar-refractivity contribution in [3.8, 4) is 5.75 Å². The monoisotopic (exact) mass is 253 g/mol. The Hall–Kier alpha value is -2.06. The molecular weight excluding hydrogens is 234 g/mol. The third kappa shape index (κ3) is 4.27. The van der Waals surface area contributed by atoms with E-state index >= 15 is 0 Å². The fraction of sp³-hybridized carbons (Fsp3) is 0.176. The summed E-state index contributed by atoms with van der Waals surface area (Å²) in [6.07, 6.45) is 4.25. The van der Waals surface area contributed by atoms with Crippen molar-refractivity contribution in [1.82, 2.24) is 4.90 Å². The predicted molar refractivity (Wildman–Crippen MR) is 79.9 cm³/mol. The Morgan fingerprint density at radius 2 is 1.68 bits per heavy atom. The van der Waals surface area contributed by atoms with E-state index in [1.54, 1.807) is 6.07 Å². The maximum atomic E-state index is 9.72. The first kappa shape index (κ1) is 13.4. The van der Waals surface area contributed by atoms with Gasteiger partial charge in [-0.15, -0.1) is 0 Å². The van der Waals surface area contributed by atoms with Crippen LogP contribution in [0.3, 0.4) is 0 Å². The zero-order valence-electron chi connectivity index (χ0n) is 11.2. The molecule has 98 valence electrons. The average molecular weight is 253 g/mol. The van der Waals surface area contributed by atoms with Crippen LogP contribution in [0.5, 0.6) is 5.75 Å². The predicted octanol–water partition coefficient (Wildman–Crippen LogP) is 3.54. The van der Waals surface area contributed by atoms with Crippen LogP contribution in [0.4, 0.5) is 0 Å². The van der Waals surface area contributed by atoms with Crippen molar-refractivity contribution < 1.29 is 5.11 Å². The van der Waals surface area contributed by atoms with Crippen molar-refractivity contribution in [1.29, 1.82) is 0 Å². The van der Waals surface area contributed by atoms with Crippen molar-refractivity contribution in [3.63, 3.8) is 0 Å². The van der Waals surface area contributed by atoms with Gasteiger partial charge in [0.2, 0.25) is 0 Å². The molecule has 0 unspecified atom stereocenters. The fourth-order valence-electron chi connectivity index (χ4n) is 1.93. The Bertz CT molecular complexity index is 534. The van der Waals surface area contributed by atoms with Gasteiger partial charge < -0.3 is 5.11 Å². The molecule has 0 aromatic heterocycles. The summed E-state index contributed by atoms with van der Waals surface area (Å²) in [5.41, 5.74) is 2.16. The molecule has 2 rings (SSSR count). The summed E-state index contributed by atoms with van der Waals surface area (Å²) in [6.45, 7) is 1.59. The Kier molecular flexibility index (Phi) is 4.76. The molecule has 0 bridgehead atoms. The summed E-state index contributed by atoms with van der Waals surface area (Å²) in [7, 11) is 2.04. The van der Waals surface area contributed by atoms with E-state index in [4.69, 9.17) is 0 Å². The van der Waals surface area contributed by atoms with Gasteiger partial charge in [-0.25, -0.2) is 0 Å². The zero-order valence-corrected chi connectivity index (χ0v) is 11.2. The van der Waals surface area contributed by atoms with Crippen LogP contribution in [0.25, 0.3) is 6.08 Å².